The molecule has 30 heavy (non-hydrogen) atoms. The third kappa shape index (κ3) is 6.77. The van der Waals surface area contributed by atoms with E-state index in [0.717, 1.165) is 17.1 Å². The zero-order valence-electron chi connectivity index (χ0n) is 17.2. The number of rotatable bonds is 7. The molecule has 1 heterocycles. The van der Waals surface area contributed by atoms with Crippen LogP contribution >= 0.6 is 0 Å². The Balaban J connectivity index is 0.000000575. The molecule has 0 spiro atoms. The Morgan fingerprint density at radius 2 is 1.73 bits per heavy atom. The zero-order chi connectivity index (χ0) is 21.9. The molecular formula is C23H27N3O4. The maximum Gasteiger partial charge on any atom is 0.303 e. The number of carboxylic acid groups (broad SMARTS) is 1. The van der Waals surface area contributed by atoms with Crippen molar-refractivity contribution in [2.75, 3.05) is 12.3 Å². The fourth-order valence-electron chi connectivity index (χ4n) is 2.64. The molecule has 3 rings (SSSR count). The lowest BCUT2D eigenvalue weighted by atomic mass is 10.1. The first-order valence-corrected chi connectivity index (χ1v) is 9.80. The third-order valence-electron chi connectivity index (χ3n) is 4.24. The van der Waals surface area contributed by atoms with E-state index in [1.165, 1.54) is 0 Å². The minimum atomic E-state index is -0.745. The number of ether oxygens (including phenoxy) is 1. The van der Waals surface area contributed by atoms with Crippen LogP contribution in [0.2, 0.25) is 0 Å². The summed E-state index contributed by atoms with van der Waals surface area (Å²) in [5.74, 6) is 0.742. The van der Waals surface area contributed by atoms with E-state index < -0.39 is 5.97 Å². The highest BCUT2D eigenvalue weighted by molar-refractivity contribution is 5.66. The van der Waals surface area contributed by atoms with Gasteiger partial charge in [-0.25, -0.2) is 4.98 Å². The van der Waals surface area contributed by atoms with Crippen molar-refractivity contribution in [3.8, 4) is 17.0 Å². The number of aryl methyl sites for hydroxylation is 1. The highest BCUT2D eigenvalue weighted by atomic mass is 16.5. The Hall–Kier alpha value is -3.61. The van der Waals surface area contributed by atoms with Crippen molar-refractivity contribution in [1.29, 1.82) is 0 Å². The van der Waals surface area contributed by atoms with Gasteiger partial charge in [0.1, 0.15) is 18.2 Å². The Kier molecular flexibility index (Phi) is 8.62. The lowest BCUT2D eigenvalue weighted by molar-refractivity contribution is -0.136. The average molecular weight is 409 g/mol. The SMILES string of the molecule is CCC(=O)O.CCc1nc(-c2ccccc2)cc(=O)n1CCOc1ccc(N)cc1. The topological polar surface area (TPSA) is 107 Å². The van der Waals surface area contributed by atoms with E-state index in [1.54, 1.807) is 29.7 Å². The van der Waals surface area contributed by atoms with Crippen molar-refractivity contribution in [2.24, 2.45) is 0 Å². The second-order valence-electron chi connectivity index (χ2n) is 6.43. The van der Waals surface area contributed by atoms with E-state index in [1.807, 2.05) is 49.4 Å². The number of aromatic nitrogens is 2. The van der Waals surface area contributed by atoms with Gasteiger partial charge in [0.2, 0.25) is 0 Å². The summed E-state index contributed by atoms with van der Waals surface area (Å²) in [7, 11) is 0. The number of carboxylic acids is 1. The van der Waals surface area contributed by atoms with Crippen LogP contribution in [0.1, 0.15) is 26.1 Å². The maximum absolute atomic E-state index is 12.5. The Morgan fingerprint density at radius 1 is 1.10 bits per heavy atom. The molecule has 0 fully saturated rings. The zero-order valence-corrected chi connectivity index (χ0v) is 17.2. The fraction of sp³-hybridized carbons (Fsp3) is 0.261. The quantitative estimate of drug-likeness (QED) is 0.577. The average Bonchev–Trinajstić information content (AvgIpc) is 2.76. The highest BCUT2D eigenvalue weighted by Crippen LogP contribution is 2.16. The summed E-state index contributed by atoms with van der Waals surface area (Å²) >= 11 is 0. The summed E-state index contributed by atoms with van der Waals surface area (Å²) in [6, 6.07) is 18.5. The molecule has 0 radical (unpaired) electrons. The van der Waals surface area contributed by atoms with Crippen LogP contribution in [0.15, 0.2) is 65.5 Å². The van der Waals surface area contributed by atoms with Crippen LogP contribution < -0.4 is 16.0 Å². The molecule has 2 aromatic carbocycles. The number of hydrogen-bond acceptors (Lipinski definition) is 5. The van der Waals surface area contributed by atoms with Gasteiger partial charge in [-0.05, 0) is 24.3 Å². The van der Waals surface area contributed by atoms with E-state index in [2.05, 4.69) is 4.98 Å². The Bertz CT molecular complexity index is 999. The largest absolute Gasteiger partial charge is 0.492 e. The number of hydrogen-bond donors (Lipinski definition) is 2. The number of anilines is 1. The van der Waals surface area contributed by atoms with Gasteiger partial charge in [0, 0.05) is 30.2 Å². The van der Waals surface area contributed by atoms with Crippen LogP contribution in [0.5, 0.6) is 5.75 Å². The molecule has 1 aromatic heterocycles. The smallest absolute Gasteiger partial charge is 0.303 e. The fourth-order valence-corrected chi connectivity index (χ4v) is 2.64. The summed E-state index contributed by atoms with van der Waals surface area (Å²) in [5, 5.41) is 7.72. The lowest BCUT2D eigenvalue weighted by Gasteiger charge is -2.13. The number of nitrogens with zero attached hydrogens (tertiary/aromatic N) is 2. The van der Waals surface area contributed by atoms with E-state index >= 15 is 0 Å². The lowest BCUT2D eigenvalue weighted by Crippen LogP contribution is -2.27. The van der Waals surface area contributed by atoms with Crippen LogP contribution in [-0.4, -0.2) is 27.2 Å². The van der Waals surface area contributed by atoms with Crippen molar-refractivity contribution in [3.63, 3.8) is 0 Å². The molecule has 7 heteroatoms. The predicted octanol–water partition coefficient (Wildman–Crippen LogP) is 3.61. The molecule has 158 valence electrons. The summed E-state index contributed by atoms with van der Waals surface area (Å²) in [6.45, 7) is 4.44. The summed E-state index contributed by atoms with van der Waals surface area (Å²) < 4.78 is 7.36. The number of benzene rings is 2. The molecule has 0 amide bonds. The second-order valence-corrected chi connectivity index (χ2v) is 6.43. The van der Waals surface area contributed by atoms with Gasteiger partial charge in [-0.2, -0.15) is 0 Å². The van der Waals surface area contributed by atoms with Crippen LogP contribution in [0, 0.1) is 0 Å². The maximum atomic E-state index is 12.5. The molecule has 0 unspecified atom stereocenters. The number of nitrogen functional groups attached to an aromatic ring is 1. The van der Waals surface area contributed by atoms with Crippen molar-refractivity contribution in [3.05, 3.63) is 76.8 Å². The highest BCUT2D eigenvalue weighted by Gasteiger charge is 2.09. The minimum absolute atomic E-state index is 0.0633. The Labute approximate surface area is 175 Å². The molecule has 0 aliphatic heterocycles. The van der Waals surface area contributed by atoms with Gasteiger partial charge < -0.3 is 15.6 Å². The summed E-state index contributed by atoms with van der Waals surface area (Å²) in [5.41, 5.74) is 7.94. The van der Waals surface area contributed by atoms with Gasteiger partial charge in [-0.1, -0.05) is 44.2 Å². The molecular weight excluding hydrogens is 382 g/mol. The molecule has 0 aliphatic carbocycles. The molecule has 0 saturated carbocycles. The van der Waals surface area contributed by atoms with E-state index in [9.17, 15) is 9.59 Å². The van der Waals surface area contributed by atoms with Crippen LogP contribution in [0.25, 0.3) is 11.3 Å². The monoisotopic (exact) mass is 409 g/mol. The summed E-state index contributed by atoms with van der Waals surface area (Å²) in [6.07, 6.45) is 0.901. The molecule has 7 nitrogen and oxygen atoms in total. The van der Waals surface area contributed by atoms with Gasteiger partial charge >= 0.3 is 5.97 Å². The van der Waals surface area contributed by atoms with Crippen LogP contribution in [0.3, 0.4) is 0 Å². The van der Waals surface area contributed by atoms with Crippen LogP contribution in [-0.2, 0) is 17.8 Å². The summed E-state index contributed by atoms with van der Waals surface area (Å²) in [4.78, 5) is 26.5. The van der Waals surface area contributed by atoms with Crippen molar-refractivity contribution >= 4 is 11.7 Å². The normalized spacial score (nSPS) is 10.1. The molecule has 0 bridgehead atoms. The van der Waals surface area contributed by atoms with E-state index in [-0.39, 0.29) is 12.0 Å². The van der Waals surface area contributed by atoms with Gasteiger partial charge in [-0.3, -0.25) is 14.2 Å². The third-order valence-corrected chi connectivity index (χ3v) is 4.24. The number of aliphatic carboxylic acids is 1. The van der Waals surface area contributed by atoms with Gasteiger partial charge in [0.15, 0.2) is 0 Å². The van der Waals surface area contributed by atoms with Crippen molar-refractivity contribution < 1.29 is 14.6 Å². The molecule has 3 N–H and O–H groups in total. The van der Waals surface area contributed by atoms with E-state index in [4.69, 9.17) is 15.6 Å². The Morgan fingerprint density at radius 3 is 2.30 bits per heavy atom. The van der Waals surface area contributed by atoms with Gasteiger partial charge in [-0.15, -0.1) is 0 Å². The standard InChI is InChI=1S/C20H21N3O2.C3H6O2/c1-2-19-22-18(15-6-4-3-5-7-15)14-20(24)23(19)12-13-25-17-10-8-16(21)9-11-17;1-2-3(4)5/h3-11,14H,2,12-13,21H2,1H3;2H2,1H3,(H,4,5). The molecule has 0 aliphatic rings. The first kappa shape index (κ1) is 22.7. The molecule has 0 saturated heterocycles. The van der Waals surface area contributed by atoms with Gasteiger partial charge in [0.05, 0.1) is 12.2 Å². The van der Waals surface area contributed by atoms with Crippen molar-refractivity contribution in [1.82, 2.24) is 9.55 Å². The van der Waals surface area contributed by atoms with Gasteiger partial charge in [0.25, 0.3) is 5.56 Å². The molecule has 3 aromatic rings. The van der Waals surface area contributed by atoms with E-state index in [0.29, 0.717) is 31.0 Å². The second kappa shape index (κ2) is 11.4. The van der Waals surface area contributed by atoms with Crippen molar-refractivity contribution in [2.45, 2.75) is 33.2 Å². The van der Waals surface area contributed by atoms with Crippen LogP contribution in [0.4, 0.5) is 5.69 Å². The predicted molar refractivity (Wildman–Crippen MR) is 118 cm³/mol. The molecule has 0 atom stereocenters. The first-order chi connectivity index (χ1) is 14.4. The minimum Gasteiger partial charge on any atom is -0.492 e. The first-order valence-electron chi connectivity index (χ1n) is 9.80. The number of nitrogens with two attached hydrogens (primary N) is 1. The number of carbonyl (C=O) groups is 1.